The first-order valence-electron chi connectivity index (χ1n) is 19.5. The van der Waals surface area contributed by atoms with Crippen molar-refractivity contribution >= 4 is 59.7 Å². The van der Waals surface area contributed by atoms with E-state index in [2.05, 4.69) is 0 Å². The number of nitrogens with two attached hydrogens (primary N) is 1. The fourth-order valence-corrected chi connectivity index (χ4v) is 6.83. The molecule has 0 bridgehead atoms. The third-order valence-electron chi connectivity index (χ3n) is 8.90. The van der Waals surface area contributed by atoms with Crippen LogP contribution in [0.5, 0.6) is 0 Å². The minimum Gasteiger partial charge on any atom is -0.463 e. The second-order valence-corrected chi connectivity index (χ2v) is 14.4. The van der Waals surface area contributed by atoms with Crippen molar-refractivity contribution in [3.63, 3.8) is 0 Å². The van der Waals surface area contributed by atoms with Crippen LogP contribution in [0.3, 0.4) is 0 Å². The molecule has 3 saturated heterocycles. The first-order valence-corrected chi connectivity index (χ1v) is 19.5. The van der Waals surface area contributed by atoms with Crippen molar-refractivity contribution in [1.82, 2.24) is 0 Å². The molecule has 0 aliphatic carbocycles. The molecule has 0 aromatic rings. The zero-order chi connectivity index (χ0) is 48.2. The van der Waals surface area contributed by atoms with Gasteiger partial charge in [0.1, 0.15) is 56.6 Å². The minimum absolute atomic E-state index is 0.623. The number of rotatable bonds is 17. The average molecular weight is 924 g/mol. The highest BCUT2D eigenvalue weighted by atomic mass is 16.8. The number of carbonyl (C=O) groups excluding carboxylic acids is 10. The van der Waals surface area contributed by atoms with Gasteiger partial charge in [-0.3, -0.25) is 47.9 Å². The molecule has 3 heterocycles. The molecule has 3 rings (SSSR count). The molecule has 0 saturated carbocycles. The Morgan fingerprint density at radius 3 is 0.906 bits per heavy atom. The maximum atomic E-state index is 12.9. The zero-order valence-corrected chi connectivity index (χ0v) is 36.6. The molecule has 26 heteroatoms. The lowest BCUT2D eigenvalue weighted by Crippen LogP contribution is -2.69. The number of ether oxygens (including phenoxy) is 15. The van der Waals surface area contributed by atoms with E-state index in [1.165, 1.54) is 0 Å². The van der Waals surface area contributed by atoms with Crippen LogP contribution in [0.15, 0.2) is 0 Å². The lowest BCUT2D eigenvalue weighted by molar-refractivity contribution is -0.373. The van der Waals surface area contributed by atoms with E-state index < -0.39 is 172 Å². The molecule has 3 aliphatic heterocycles. The number of hydrogen-bond donors (Lipinski definition) is 1. The largest absolute Gasteiger partial charge is 0.463 e. The summed E-state index contributed by atoms with van der Waals surface area (Å²) in [4.78, 5) is 124. The van der Waals surface area contributed by atoms with Crippen molar-refractivity contribution in [3.05, 3.63) is 0 Å². The molecule has 0 spiro atoms. The topological polar surface area (TPSA) is 335 Å². The summed E-state index contributed by atoms with van der Waals surface area (Å²) in [5.74, 6) is -9.35. The highest BCUT2D eigenvalue weighted by Crippen LogP contribution is 2.37. The third kappa shape index (κ3) is 15.6. The monoisotopic (exact) mass is 923 g/mol. The number of hydrogen-bond acceptors (Lipinski definition) is 26. The van der Waals surface area contributed by atoms with Gasteiger partial charge in [-0.1, -0.05) is 0 Å². The number of carbonyl (C=O) groups is 10. The Hall–Kier alpha value is -5.54. The van der Waals surface area contributed by atoms with E-state index in [1.807, 2.05) is 0 Å². The van der Waals surface area contributed by atoms with Gasteiger partial charge in [0.15, 0.2) is 55.3 Å². The Bertz CT molecular complexity index is 1740. The lowest BCUT2D eigenvalue weighted by atomic mass is 9.95. The molecule has 15 atom stereocenters. The summed E-state index contributed by atoms with van der Waals surface area (Å²) in [6.45, 7) is 7.96. The Morgan fingerprint density at radius 2 is 0.578 bits per heavy atom. The first kappa shape index (κ1) is 52.8. The molecule has 0 aromatic carbocycles. The van der Waals surface area contributed by atoms with Crippen molar-refractivity contribution in [2.45, 2.75) is 161 Å². The van der Waals surface area contributed by atoms with Gasteiger partial charge in [-0.2, -0.15) is 0 Å². The maximum absolute atomic E-state index is 12.9. The van der Waals surface area contributed by atoms with Crippen LogP contribution in [0.2, 0.25) is 0 Å². The zero-order valence-electron chi connectivity index (χ0n) is 36.6. The quantitative estimate of drug-likeness (QED) is 0.123. The van der Waals surface area contributed by atoms with Crippen molar-refractivity contribution in [3.8, 4) is 0 Å². The Balaban J connectivity index is 2.28. The van der Waals surface area contributed by atoms with Crippen LogP contribution in [0.25, 0.3) is 0 Å². The van der Waals surface area contributed by atoms with E-state index in [0.29, 0.717) is 0 Å². The van der Waals surface area contributed by atoms with Crippen LogP contribution in [-0.4, -0.2) is 172 Å². The van der Waals surface area contributed by atoms with Crippen molar-refractivity contribution in [1.29, 1.82) is 0 Å². The van der Waals surface area contributed by atoms with E-state index in [4.69, 9.17) is 76.8 Å². The summed E-state index contributed by atoms with van der Waals surface area (Å²) >= 11 is 0. The summed E-state index contributed by atoms with van der Waals surface area (Å²) in [5, 5.41) is 0. The van der Waals surface area contributed by atoms with Gasteiger partial charge in [0.25, 0.3) is 0 Å². The number of esters is 10. The summed E-state index contributed by atoms with van der Waals surface area (Å²) < 4.78 is 84.9. The Labute approximate surface area is 365 Å². The van der Waals surface area contributed by atoms with Crippen molar-refractivity contribution in [2.24, 2.45) is 5.73 Å². The molecule has 64 heavy (non-hydrogen) atoms. The summed E-state index contributed by atoms with van der Waals surface area (Å²) in [6.07, 6.45) is -26.0. The molecule has 0 radical (unpaired) electrons. The Kier molecular flexibility index (Phi) is 19.8. The smallest absolute Gasteiger partial charge is 0.303 e. The molecule has 0 aromatic heterocycles. The summed E-state index contributed by atoms with van der Waals surface area (Å²) in [7, 11) is 0. The van der Waals surface area contributed by atoms with E-state index in [-0.39, 0.29) is 0 Å². The molecular formula is C38H53NO25. The summed E-state index contributed by atoms with van der Waals surface area (Å²) in [6, 6.07) is 0. The normalized spacial score (nSPS) is 32.3. The molecule has 360 valence electrons. The van der Waals surface area contributed by atoms with Crippen LogP contribution in [0, 0.1) is 0 Å². The van der Waals surface area contributed by atoms with Gasteiger partial charge in [-0.05, 0) is 0 Å². The molecule has 15 unspecified atom stereocenters. The van der Waals surface area contributed by atoms with Gasteiger partial charge in [0, 0.05) is 69.2 Å². The van der Waals surface area contributed by atoms with E-state index in [0.717, 1.165) is 69.2 Å². The van der Waals surface area contributed by atoms with Crippen LogP contribution in [-0.2, 0) is 119 Å². The van der Waals surface area contributed by atoms with Gasteiger partial charge < -0.3 is 76.8 Å². The van der Waals surface area contributed by atoms with Crippen molar-refractivity contribution in [2.75, 3.05) is 19.8 Å². The molecule has 3 fully saturated rings. The Morgan fingerprint density at radius 1 is 0.328 bits per heavy atom. The highest BCUT2D eigenvalue weighted by Gasteiger charge is 2.59. The first-order chi connectivity index (χ1) is 29.9. The third-order valence-corrected chi connectivity index (χ3v) is 8.90. The van der Waals surface area contributed by atoms with E-state index in [1.54, 1.807) is 0 Å². The maximum Gasteiger partial charge on any atom is 0.303 e. The molecule has 3 aliphatic rings. The van der Waals surface area contributed by atoms with E-state index in [9.17, 15) is 47.9 Å². The minimum atomic E-state index is -1.98. The highest BCUT2D eigenvalue weighted by molar-refractivity contribution is 5.70. The fraction of sp³-hybridized carbons (Fsp3) is 0.737. The second-order valence-electron chi connectivity index (χ2n) is 14.4. The van der Waals surface area contributed by atoms with Crippen molar-refractivity contribution < 1.29 is 119 Å². The average Bonchev–Trinajstić information content (AvgIpc) is 3.15. The van der Waals surface area contributed by atoms with Gasteiger partial charge in [-0.25, -0.2) is 0 Å². The van der Waals surface area contributed by atoms with E-state index >= 15 is 0 Å². The fourth-order valence-electron chi connectivity index (χ4n) is 6.83. The molecule has 2 N–H and O–H groups in total. The lowest BCUT2D eigenvalue weighted by Gasteiger charge is -2.50. The van der Waals surface area contributed by atoms with Crippen LogP contribution >= 0.6 is 0 Å². The summed E-state index contributed by atoms with van der Waals surface area (Å²) in [5.41, 5.74) is 6.18. The van der Waals surface area contributed by atoms with Gasteiger partial charge in [0.05, 0.1) is 0 Å². The van der Waals surface area contributed by atoms with Gasteiger partial charge in [-0.15, -0.1) is 0 Å². The predicted octanol–water partition coefficient (Wildman–Crippen LogP) is -1.90. The molecular weight excluding hydrogens is 870 g/mol. The van der Waals surface area contributed by atoms with Crippen LogP contribution < -0.4 is 5.73 Å². The SMILES string of the molecule is CC(=O)OCC1OC(N)C(OC(C)=O)C(OC(C)=O)C1OC1OC(COC(C)=O)C(OC2OC(COC(C)=O)C(OC(C)=O)C(OC(C)=O)C2OC(C)=O)C(OC(C)=O)C1OC(C)=O. The van der Waals surface area contributed by atoms with Crippen LogP contribution in [0.1, 0.15) is 69.2 Å². The molecule has 26 nitrogen and oxygen atoms in total. The second kappa shape index (κ2) is 23.9. The van der Waals surface area contributed by atoms with Gasteiger partial charge >= 0.3 is 59.7 Å². The standard InChI is InChI=1S/C38H53NO25/c1-14(40)50-11-24-28(30(54-18(5)44)33(36(39)60-24)57-21(8)47)63-38-35(59-23(10)49)32(56-20(7)46)29(26(62-38)13-52-16(3)42)64-37-34(58-22(9)48)31(55-19(6)45)27(53-17(4)43)25(61-37)12-51-15(2)41/h24-38H,11-13,39H2,1-10H3. The molecule has 0 amide bonds. The van der Waals surface area contributed by atoms with Gasteiger partial charge in [0.2, 0.25) is 0 Å². The predicted molar refractivity (Wildman–Crippen MR) is 199 cm³/mol. The van der Waals surface area contributed by atoms with Crippen LogP contribution in [0.4, 0.5) is 0 Å².